The van der Waals surface area contributed by atoms with Crippen LogP contribution in [0, 0.1) is 0 Å². The van der Waals surface area contributed by atoms with E-state index < -0.39 is 15.9 Å². The third-order valence-corrected chi connectivity index (χ3v) is 4.35. The molecule has 1 fully saturated rings. The van der Waals surface area contributed by atoms with E-state index in [4.69, 9.17) is 0 Å². The number of nitrogens with zero attached hydrogens (tertiary/aromatic N) is 4. The normalized spacial score (nSPS) is 22.2. The van der Waals surface area contributed by atoms with Gasteiger partial charge >= 0.3 is 41.1 Å². The third-order valence-electron chi connectivity index (χ3n) is 3.20. The molecule has 15 heteroatoms. The summed E-state index contributed by atoms with van der Waals surface area (Å²) in [6.07, 6.45) is 1.13. The van der Waals surface area contributed by atoms with Gasteiger partial charge in [0.1, 0.15) is 11.7 Å². The van der Waals surface area contributed by atoms with Gasteiger partial charge in [0.2, 0.25) is 0 Å². The van der Waals surface area contributed by atoms with Crippen LogP contribution >= 0.6 is 15.9 Å². The van der Waals surface area contributed by atoms with Crippen LogP contribution in [0.3, 0.4) is 0 Å². The number of fused-ring (bicyclic) bond motifs is 1. The van der Waals surface area contributed by atoms with Crippen LogP contribution in [0.25, 0.3) is 11.0 Å². The van der Waals surface area contributed by atoms with E-state index in [1.807, 2.05) is 24.3 Å². The maximum absolute atomic E-state index is 10.7. The first-order chi connectivity index (χ1) is 11.0. The molecule has 0 amide bonds. The van der Waals surface area contributed by atoms with E-state index in [9.17, 15) is 39.9 Å². The Kier molecular flexibility index (Phi) is 4.61. The average molecular weight is 414 g/mol. The molecule has 1 aliphatic rings. The molecule has 3 N–H and O–H groups in total. The number of para-hydroxylation sites is 1. The summed E-state index contributed by atoms with van der Waals surface area (Å²) in [4.78, 5) is 28.3. The monoisotopic (exact) mass is 414 g/mol. The molecular weight excluding hydrogens is 400 g/mol. The van der Waals surface area contributed by atoms with Gasteiger partial charge < -0.3 is 0 Å². The summed E-state index contributed by atoms with van der Waals surface area (Å²) in [6.45, 7) is 0.441. The zero-order valence-electron chi connectivity index (χ0n) is 12.3. The molecular formula is C10H14F6N4O3P2. The summed E-state index contributed by atoms with van der Waals surface area (Å²) in [5.74, 6) is 0. The standard InChI is InChI=1S/C10H14N4O3P.F6P/c15-18(16,17)13-7-3-6-10(13)14-9-5-2-1-4-8(9)11-12-14;1-7(2,3,4,5)6/h1-2,4-5,10,15-17H,3,6-7H2;/q+1;-1. The fourth-order valence-corrected chi connectivity index (χ4v) is 3.38. The van der Waals surface area contributed by atoms with Crippen LogP contribution in [0.15, 0.2) is 24.3 Å². The second kappa shape index (κ2) is 5.70. The van der Waals surface area contributed by atoms with Crippen molar-refractivity contribution in [2.24, 2.45) is 0 Å². The molecule has 1 atom stereocenters. The minimum Gasteiger partial charge on any atom is -0.224 e. The first kappa shape index (κ1) is 20.2. The molecule has 25 heavy (non-hydrogen) atoms. The molecule has 3 rings (SSSR count). The van der Waals surface area contributed by atoms with Crippen molar-refractivity contribution >= 4 is 26.9 Å². The molecule has 0 bridgehead atoms. The topological polar surface area (TPSA) is 94.6 Å². The predicted octanol–water partition coefficient (Wildman–Crippen LogP) is 4.06. The van der Waals surface area contributed by atoms with Gasteiger partial charge in [-0.1, -0.05) is 22.0 Å². The smallest absolute Gasteiger partial charge is 0.224 e. The maximum atomic E-state index is 9.87. The Bertz CT molecular complexity index is 752. The molecule has 1 saturated heterocycles. The Hall–Kier alpha value is -1.10. The van der Waals surface area contributed by atoms with Crippen molar-refractivity contribution in [3.63, 3.8) is 0 Å². The summed E-state index contributed by atoms with van der Waals surface area (Å²) in [7, 11) is -14.7. The number of halogens is 6. The van der Waals surface area contributed by atoms with Crippen molar-refractivity contribution in [2.45, 2.75) is 19.0 Å². The van der Waals surface area contributed by atoms with E-state index in [1.54, 1.807) is 4.68 Å². The zero-order valence-corrected chi connectivity index (χ0v) is 14.1. The first-order valence-corrected chi connectivity index (χ1v) is 10.4. The van der Waals surface area contributed by atoms with Crippen molar-refractivity contribution in [1.82, 2.24) is 19.7 Å². The number of hydrogen-bond acceptors (Lipinski definition) is 6. The van der Waals surface area contributed by atoms with Gasteiger partial charge in [0.15, 0.2) is 0 Å². The molecule has 0 saturated carbocycles. The van der Waals surface area contributed by atoms with Gasteiger partial charge in [-0.05, 0) is 25.0 Å². The van der Waals surface area contributed by atoms with Gasteiger partial charge in [0.05, 0.1) is 5.52 Å². The largest absolute Gasteiger partial charge is 0.498 e. The molecule has 1 aromatic carbocycles. The van der Waals surface area contributed by atoms with Crippen molar-refractivity contribution in [2.75, 3.05) is 6.54 Å². The Morgan fingerprint density at radius 3 is 2.16 bits per heavy atom. The van der Waals surface area contributed by atoms with Crippen molar-refractivity contribution in [3.8, 4) is 0 Å². The maximum Gasteiger partial charge on any atom is 0.498 e. The molecule has 0 spiro atoms. The zero-order chi connectivity index (χ0) is 19.2. The third kappa shape index (κ3) is 6.61. The van der Waals surface area contributed by atoms with Crippen LogP contribution in [-0.2, 0) is 0 Å². The fourth-order valence-electron chi connectivity index (χ4n) is 2.40. The second-order valence-electron chi connectivity index (χ2n) is 5.30. The van der Waals surface area contributed by atoms with Crippen molar-refractivity contribution < 1.29 is 39.9 Å². The Morgan fingerprint density at radius 1 is 1.04 bits per heavy atom. The van der Waals surface area contributed by atoms with Crippen LogP contribution in [0.4, 0.5) is 25.2 Å². The Balaban J connectivity index is 0.000000277. The quantitative estimate of drug-likeness (QED) is 0.507. The van der Waals surface area contributed by atoms with Crippen LogP contribution in [0.5, 0.6) is 0 Å². The van der Waals surface area contributed by atoms with E-state index in [1.165, 1.54) is 4.67 Å². The Labute approximate surface area is 137 Å². The van der Waals surface area contributed by atoms with E-state index in [0.29, 0.717) is 13.0 Å². The van der Waals surface area contributed by atoms with Gasteiger partial charge in [-0.15, -0.1) is 5.10 Å². The molecule has 1 aliphatic heterocycles. The summed E-state index contributed by atoms with van der Waals surface area (Å²) in [6, 6.07) is 7.46. The van der Waals surface area contributed by atoms with Crippen LogP contribution in [0.2, 0.25) is 0 Å². The minimum atomic E-state index is -10.7. The van der Waals surface area contributed by atoms with E-state index >= 15 is 0 Å². The van der Waals surface area contributed by atoms with Crippen molar-refractivity contribution in [1.29, 1.82) is 0 Å². The molecule has 144 valence electrons. The molecule has 0 radical (unpaired) electrons. The van der Waals surface area contributed by atoms with E-state index in [2.05, 4.69) is 10.3 Å². The molecule has 1 aromatic heterocycles. The molecule has 1 unspecified atom stereocenters. The fraction of sp³-hybridized carbons (Fsp3) is 0.400. The molecule has 2 aromatic rings. The van der Waals surface area contributed by atoms with Crippen LogP contribution in [0.1, 0.15) is 19.0 Å². The minimum absolute atomic E-state index is 0.356. The van der Waals surface area contributed by atoms with Gasteiger partial charge in [-0.2, -0.15) is 14.7 Å². The van der Waals surface area contributed by atoms with Crippen LogP contribution < -0.4 is 0 Å². The van der Waals surface area contributed by atoms with Crippen molar-refractivity contribution in [3.05, 3.63) is 24.3 Å². The molecule has 7 nitrogen and oxygen atoms in total. The van der Waals surface area contributed by atoms with Gasteiger partial charge in [-0.25, -0.2) is 4.68 Å². The number of rotatable bonds is 2. The number of benzene rings is 1. The summed E-state index contributed by atoms with van der Waals surface area (Å²) < 4.78 is 62.1. The van der Waals surface area contributed by atoms with E-state index in [-0.39, 0.29) is 6.17 Å². The predicted molar refractivity (Wildman–Crippen MR) is 79.6 cm³/mol. The summed E-state index contributed by atoms with van der Waals surface area (Å²) >= 11 is 0. The Morgan fingerprint density at radius 2 is 1.60 bits per heavy atom. The van der Waals surface area contributed by atoms with Gasteiger partial charge in [0.25, 0.3) is 0 Å². The average Bonchev–Trinajstić information content (AvgIpc) is 3.00. The van der Waals surface area contributed by atoms with E-state index in [0.717, 1.165) is 17.5 Å². The second-order valence-corrected chi connectivity index (χ2v) is 8.81. The van der Waals surface area contributed by atoms with Gasteiger partial charge in [-0.3, -0.25) is 0 Å². The summed E-state index contributed by atoms with van der Waals surface area (Å²) in [5.41, 5.74) is 1.57. The van der Waals surface area contributed by atoms with Gasteiger partial charge in [0, 0.05) is 6.54 Å². The molecule has 2 heterocycles. The summed E-state index contributed by atoms with van der Waals surface area (Å²) in [5, 5.41) is 8.08. The molecule has 0 aliphatic carbocycles. The SMILES string of the molecule is F[P-](F)(F)(F)(F)F.O[P+](O)(O)N1CCCC1n1nnc2ccccc21. The number of hydrogen-bond donors (Lipinski definition) is 3. The van der Waals surface area contributed by atoms with Crippen LogP contribution in [-0.4, -0.2) is 40.9 Å². The number of aromatic nitrogens is 3. The first-order valence-electron chi connectivity index (χ1n) is 6.73.